The number of rotatable bonds is 1. The SMILES string of the molecule is CC1=Nc2ccc3ncccc3c2NC1c1ccc(F)cc1. The van der Waals surface area contributed by atoms with Gasteiger partial charge in [0.1, 0.15) is 5.82 Å². The Morgan fingerprint density at radius 3 is 2.68 bits per heavy atom. The van der Waals surface area contributed by atoms with Crippen LogP contribution in [0.1, 0.15) is 18.5 Å². The molecule has 0 amide bonds. The highest BCUT2D eigenvalue weighted by Crippen LogP contribution is 2.39. The van der Waals surface area contributed by atoms with Gasteiger partial charge in [-0.25, -0.2) is 4.39 Å². The summed E-state index contributed by atoms with van der Waals surface area (Å²) >= 11 is 0. The largest absolute Gasteiger partial charge is 0.371 e. The third kappa shape index (κ3) is 2.04. The number of anilines is 1. The zero-order chi connectivity index (χ0) is 15.1. The Bertz CT molecular complexity index is 884. The van der Waals surface area contributed by atoms with E-state index in [2.05, 4.69) is 10.3 Å². The van der Waals surface area contributed by atoms with Gasteiger partial charge in [-0.05, 0) is 48.9 Å². The number of halogens is 1. The van der Waals surface area contributed by atoms with Crippen LogP contribution in [0.25, 0.3) is 10.9 Å². The molecule has 2 heterocycles. The van der Waals surface area contributed by atoms with E-state index in [0.29, 0.717) is 0 Å². The minimum atomic E-state index is -0.232. The Labute approximate surface area is 127 Å². The summed E-state index contributed by atoms with van der Waals surface area (Å²) in [7, 11) is 0. The number of fused-ring (bicyclic) bond motifs is 3. The van der Waals surface area contributed by atoms with Crippen molar-refractivity contribution in [2.24, 2.45) is 4.99 Å². The van der Waals surface area contributed by atoms with Gasteiger partial charge in [-0.3, -0.25) is 9.98 Å². The average molecular weight is 291 g/mol. The van der Waals surface area contributed by atoms with Gasteiger partial charge >= 0.3 is 0 Å². The molecule has 0 bridgehead atoms. The Morgan fingerprint density at radius 2 is 1.86 bits per heavy atom. The minimum Gasteiger partial charge on any atom is -0.371 e. The van der Waals surface area contributed by atoms with Gasteiger partial charge < -0.3 is 5.32 Å². The maximum Gasteiger partial charge on any atom is 0.123 e. The van der Waals surface area contributed by atoms with Gasteiger partial charge in [-0.2, -0.15) is 0 Å². The van der Waals surface area contributed by atoms with E-state index in [1.54, 1.807) is 18.3 Å². The van der Waals surface area contributed by atoms with Crippen molar-refractivity contribution < 1.29 is 4.39 Å². The highest BCUT2D eigenvalue weighted by molar-refractivity contribution is 6.05. The number of aromatic nitrogens is 1. The van der Waals surface area contributed by atoms with E-state index in [4.69, 9.17) is 4.99 Å². The van der Waals surface area contributed by atoms with Crippen LogP contribution in [0, 0.1) is 5.82 Å². The molecule has 0 fully saturated rings. The van der Waals surface area contributed by atoms with Gasteiger partial charge in [0, 0.05) is 17.3 Å². The van der Waals surface area contributed by atoms with E-state index in [-0.39, 0.29) is 11.9 Å². The Hall–Kier alpha value is -2.75. The van der Waals surface area contributed by atoms with Crippen LogP contribution in [-0.2, 0) is 0 Å². The first kappa shape index (κ1) is 13.0. The maximum absolute atomic E-state index is 13.1. The Balaban J connectivity index is 1.85. The monoisotopic (exact) mass is 291 g/mol. The second kappa shape index (κ2) is 4.91. The van der Waals surface area contributed by atoms with E-state index < -0.39 is 0 Å². The van der Waals surface area contributed by atoms with E-state index in [9.17, 15) is 4.39 Å². The fraction of sp³-hybridized carbons (Fsp3) is 0.111. The number of nitrogens with zero attached hydrogens (tertiary/aromatic N) is 2. The maximum atomic E-state index is 13.1. The van der Waals surface area contributed by atoms with Crippen LogP contribution in [0.5, 0.6) is 0 Å². The van der Waals surface area contributed by atoms with Crippen LogP contribution >= 0.6 is 0 Å². The van der Waals surface area contributed by atoms with Crippen LogP contribution in [0.15, 0.2) is 59.7 Å². The number of pyridine rings is 1. The van der Waals surface area contributed by atoms with Crippen molar-refractivity contribution in [3.8, 4) is 0 Å². The van der Waals surface area contributed by atoms with Gasteiger partial charge in [0.25, 0.3) is 0 Å². The zero-order valence-corrected chi connectivity index (χ0v) is 12.0. The summed E-state index contributed by atoms with van der Waals surface area (Å²) in [6.07, 6.45) is 1.78. The van der Waals surface area contributed by atoms with Crippen molar-refractivity contribution >= 4 is 28.0 Å². The quantitative estimate of drug-likeness (QED) is 0.709. The lowest BCUT2D eigenvalue weighted by molar-refractivity contribution is 0.627. The molecule has 4 rings (SSSR count). The minimum absolute atomic E-state index is 0.0566. The highest BCUT2D eigenvalue weighted by Gasteiger charge is 2.22. The lowest BCUT2D eigenvalue weighted by Crippen LogP contribution is -2.21. The summed E-state index contributed by atoms with van der Waals surface area (Å²) < 4.78 is 13.1. The number of aliphatic imine (C=N–C) groups is 1. The van der Waals surface area contributed by atoms with Crippen molar-refractivity contribution in [1.82, 2.24) is 4.98 Å². The molecule has 0 saturated heterocycles. The van der Waals surface area contributed by atoms with Crippen molar-refractivity contribution in [3.05, 3.63) is 66.1 Å². The molecule has 1 aliphatic rings. The van der Waals surface area contributed by atoms with Crippen molar-refractivity contribution in [2.45, 2.75) is 13.0 Å². The molecule has 0 spiro atoms. The topological polar surface area (TPSA) is 37.3 Å². The van der Waals surface area contributed by atoms with Gasteiger partial charge in [0.05, 0.1) is 22.9 Å². The molecule has 0 saturated carbocycles. The van der Waals surface area contributed by atoms with Crippen molar-refractivity contribution in [2.75, 3.05) is 5.32 Å². The van der Waals surface area contributed by atoms with E-state index in [0.717, 1.165) is 33.6 Å². The molecule has 22 heavy (non-hydrogen) atoms. The van der Waals surface area contributed by atoms with E-state index in [1.807, 2.05) is 31.2 Å². The Morgan fingerprint density at radius 1 is 1.05 bits per heavy atom. The van der Waals surface area contributed by atoms with Crippen molar-refractivity contribution in [3.63, 3.8) is 0 Å². The van der Waals surface area contributed by atoms with Crippen molar-refractivity contribution in [1.29, 1.82) is 0 Å². The molecular weight excluding hydrogens is 277 g/mol. The average Bonchev–Trinajstić information content (AvgIpc) is 2.55. The second-order valence-corrected chi connectivity index (χ2v) is 5.41. The smallest absolute Gasteiger partial charge is 0.123 e. The molecule has 0 radical (unpaired) electrons. The molecule has 108 valence electrons. The lowest BCUT2D eigenvalue weighted by Gasteiger charge is -2.27. The summed E-state index contributed by atoms with van der Waals surface area (Å²) in [5, 5.41) is 4.58. The molecule has 4 heteroatoms. The number of hydrogen-bond donors (Lipinski definition) is 1. The number of benzene rings is 2. The molecule has 1 aliphatic heterocycles. The molecular formula is C18H14FN3. The fourth-order valence-electron chi connectivity index (χ4n) is 2.87. The van der Waals surface area contributed by atoms with Crippen LogP contribution in [0.4, 0.5) is 15.8 Å². The first-order valence-electron chi connectivity index (χ1n) is 7.17. The first-order chi connectivity index (χ1) is 10.7. The summed E-state index contributed by atoms with van der Waals surface area (Å²) in [6.45, 7) is 1.98. The van der Waals surface area contributed by atoms with E-state index in [1.165, 1.54) is 12.1 Å². The number of nitrogens with one attached hydrogen (secondary N) is 1. The zero-order valence-electron chi connectivity index (χ0n) is 12.0. The molecule has 3 nitrogen and oxygen atoms in total. The van der Waals surface area contributed by atoms with E-state index >= 15 is 0 Å². The van der Waals surface area contributed by atoms with Crippen LogP contribution in [0.2, 0.25) is 0 Å². The molecule has 1 atom stereocenters. The Kier molecular flexibility index (Phi) is 2.89. The number of hydrogen-bond acceptors (Lipinski definition) is 3. The summed E-state index contributed by atoms with van der Waals surface area (Å²) in [5.41, 5.74) is 4.78. The lowest BCUT2D eigenvalue weighted by atomic mass is 9.99. The predicted octanol–water partition coefficient (Wildman–Crippen LogP) is 4.63. The van der Waals surface area contributed by atoms with Gasteiger partial charge in [0.2, 0.25) is 0 Å². The third-order valence-corrected chi connectivity index (χ3v) is 3.97. The standard InChI is InChI=1S/C18H14FN3/c1-11-17(12-4-6-13(19)7-5-12)22-18-14-3-2-10-20-15(14)8-9-16(18)21-11/h2-10,17,22H,1H3. The third-order valence-electron chi connectivity index (χ3n) is 3.97. The van der Waals surface area contributed by atoms with Crippen LogP contribution < -0.4 is 5.32 Å². The molecule has 3 aromatic rings. The van der Waals surface area contributed by atoms with Gasteiger partial charge in [0.15, 0.2) is 0 Å². The molecule has 2 aromatic carbocycles. The summed E-state index contributed by atoms with van der Waals surface area (Å²) in [4.78, 5) is 9.09. The summed E-state index contributed by atoms with van der Waals surface area (Å²) in [6, 6.07) is 14.4. The fourth-order valence-corrected chi connectivity index (χ4v) is 2.87. The summed E-state index contributed by atoms with van der Waals surface area (Å²) in [5.74, 6) is -0.232. The van der Waals surface area contributed by atoms with Gasteiger partial charge in [-0.15, -0.1) is 0 Å². The van der Waals surface area contributed by atoms with Crippen LogP contribution in [-0.4, -0.2) is 10.7 Å². The molecule has 1 unspecified atom stereocenters. The highest BCUT2D eigenvalue weighted by atomic mass is 19.1. The second-order valence-electron chi connectivity index (χ2n) is 5.41. The molecule has 1 N–H and O–H groups in total. The molecule has 0 aliphatic carbocycles. The van der Waals surface area contributed by atoms with Gasteiger partial charge in [-0.1, -0.05) is 12.1 Å². The van der Waals surface area contributed by atoms with Crippen LogP contribution in [0.3, 0.4) is 0 Å². The normalized spacial score (nSPS) is 16.8. The predicted molar refractivity (Wildman–Crippen MR) is 87.3 cm³/mol. The first-order valence-corrected chi connectivity index (χ1v) is 7.17. The molecule has 1 aromatic heterocycles.